The second kappa shape index (κ2) is 9.30. The molecule has 1 saturated heterocycles. The Morgan fingerprint density at radius 1 is 1.22 bits per heavy atom. The van der Waals surface area contributed by atoms with Crippen LogP contribution in [0.1, 0.15) is 76.1 Å². The Morgan fingerprint density at radius 2 is 1.97 bits per heavy atom. The number of piperazine rings is 1. The number of fused-ring (bicyclic) bond motifs is 1. The van der Waals surface area contributed by atoms with E-state index in [2.05, 4.69) is 29.9 Å². The van der Waals surface area contributed by atoms with Gasteiger partial charge in [0.15, 0.2) is 11.7 Å². The average Bonchev–Trinajstić information content (AvgIpc) is 3.46. The van der Waals surface area contributed by atoms with Gasteiger partial charge in [0, 0.05) is 19.3 Å². The van der Waals surface area contributed by atoms with E-state index in [1.54, 1.807) is 22.7 Å². The summed E-state index contributed by atoms with van der Waals surface area (Å²) >= 11 is 0. The summed E-state index contributed by atoms with van der Waals surface area (Å²) in [6.07, 6.45) is 12.1. The van der Waals surface area contributed by atoms with Crippen LogP contribution in [-0.2, 0) is 9.53 Å². The first-order valence-corrected chi connectivity index (χ1v) is 11.8. The van der Waals surface area contributed by atoms with Crippen molar-refractivity contribution in [3.63, 3.8) is 0 Å². The third-order valence-electron chi connectivity index (χ3n) is 6.70. The number of nitrogens with zero attached hydrogens (tertiary/aromatic N) is 5. The third-order valence-corrected chi connectivity index (χ3v) is 6.70. The fraction of sp³-hybridized carbons (Fsp3) is 0.583. The SMILES string of the molecule is CCOC(=O)c1cnn(C2=C(CC)CC=C3C(=N2)N(C2CCCC2)C(CC)C(=O)N3C)c1. The normalized spacial score (nSPS) is 22.0. The topological polar surface area (TPSA) is 80.0 Å². The van der Waals surface area contributed by atoms with E-state index in [4.69, 9.17) is 9.73 Å². The van der Waals surface area contributed by atoms with Gasteiger partial charge in [-0.25, -0.2) is 14.5 Å². The molecule has 172 valence electrons. The standard InChI is InChI=1S/C24H33N5O3/c1-5-16-12-13-20-22(26-21(16)28-15-17(14-25-28)24(31)32-7-3)29(18-10-8-9-11-18)19(6-2)23(30)27(20)4/h13-15,18-19H,5-12H2,1-4H3. The molecular formula is C24H33N5O3. The highest BCUT2D eigenvalue weighted by Gasteiger charge is 2.43. The van der Waals surface area contributed by atoms with E-state index in [1.807, 2.05) is 7.05 Å². The Labute approximate surface area is 189 Å². The summed E-state index contributed by atoms with van der Waals surface area (Å²) in [4.78, 5) is 34.6. The molecule has 1 aromatic heterocycles. The van der Waals surface area contributed by atoms with Crippen LogP contribution in [0.4, 0.5) is 0 Å². The molecule has 8 nitrogen and oxygen atoms in total. The van der Waals surface area contributed by atoms with E-state index >= 15 is 0 Å². The minimum atomic E-state index is -0.390. The Hall–Kier alpha value is -2.90. The highest BCUT2D eigenvalue weighted by atomic mass is 16.5. The number of likely N-dealkylation sites (N-methyl/N-ethyl adjacent to an activating group) is 1. The molecule has 1 amide bonds. The number of amidine groups is 1. The van der Waals surface area contributed by atoms with Gasteiger partial charge < -0.3 is 14.5 Å². The molecule has 32 heavy (non-hydrogen) atoms. The number of aliphatic imine (C=N–C) groups is 1. The summed E-state index contributed by atoms with van der Waals surface area (Å²) in [6, 6.07) is 0.105. The third kappa shape index (κ3) is 3.87. The monoisotopic (exact) mass is 439 g/mol. The molecule has 8 heteroatoms. The van der Waals surface area contributed by atoms with E-state index in [1.165, 1.54) is 19.0 Å². The quantitative estimate of drug-likeness (QED) is 0.630. The summed E-state index contributed by atoms with van der Waals surface area (Å²) in [6.45, 7) is 6.26. The summed E-state index contributed by atoms with van der Waals surface area (Å²) in [5, 5.41) is 4.45. The van der Waals surface area contributed by atoms with Crippen LogP contribution in [0, 0.1) is 0 Å². The summed E-state index contributed by atoms with van der Waals surface area (Å²) in [7, 11) is 1.85. The molecule has 2 aliphatic heterocycles. The fourth-order valence-electron chi connectivity index (χ4n) is 4.98. The molecule has 0 spiro atoms. The number of hydrogen-bond donors (Lipinski definition) is 0. The average molecular weight is 440 g/mol. The van der Waals surface area contributed by atoms with Crippen LogP contribution in [0.15, 0.2) is 34.7 Å². The molecule has 1 unspecified atom stereocenters. The Balaban J connectivity index is 1.81. The Morgan fingerprint density at radius 3 is 2.62 bits per heavy atom. The lowest BCUT2D eigenvalue weighted by Gasteiger charge is -2.45. The van der Waals surface area contributed by atoms with Crippen molar-refractivity contribution in [3.8, 4) is 0 Å². The molecule has 3 heterocycles. The highest BCUT2D eigenvalue weighted by molar-refractivity contribution is 6.09. The molecule has 1 aromatic rings. The van der Waals surface area contributed by atoms with Gasteiger partial charge in [0.25, 0.3) is 0 Å². The van der Waals surface area contributed by atoms with E-state index < -0.39 is 0 Å². The van der Waals surface area contributed by atoms with Crippen LogP contribution in [-0.4, -0.2) is 63.0 Å². The molecule has 1 atom stereocenters. The van der Waals surface area contributed by atoms with Crippen LogP contribution >= 0.6 is 0 Å². The number of rotatable bonds is 6. The minimum Gasteiger partial charge on any atom is -0.462 e. The number of amides is 1. The van der Waals surface area contributed by atoms with Crippen molar-refractivity contribution in [2.24, 2.45) is 4.99 Å². The van der Waals surface area contributed by atoms with Crippen LogP contribution in [0.2, 0.25) is 0 Å². The number of carbonyl (C=O) groups is 2. The maximum Gasteiger partial charge on any atom is 0.341 e. The zero-order valence-electron chi connectivity index (χ0n) is 19.5. The first kappa shape index (κ1) is 22.3. The predicted molar refractivity (Wildman–Crippen MR) is 123 cm³/mol. The number of aromatic nitrogens is 2. The van der Waals surface area contributed by atoms with Crippen molar-refractivity contribution < 1.29 is 14.3 Å². The van der Waals surface area contributed by atoms with Gasteiger partial charge in [0.2, 0.25) is 5.91 Å². The lowest BCUT2D eigenvalue weighted by molar-refractivity contribution is -0.134. The number of ether oxygens (including phenoxy) is 1. The smallest absolute Gasteiger partial charge is 0.341 e. The van der Waals surface area contributed by atoms with E-state index in [-0.39, 0.29) is 17.9 Å². The molecule has 2 fully saturated rings. The molecule has 1 saturated carbocycles. The maximum atomic E-state index is 13.2. The van der Waals surface area contributed by atoms with Gasteiger partial charge in [-0.2, -0.15) is 5.10 Å². The highest BCUT2D eigenvalue weighted by Crippen LogP contribution is 2.35. The first-order valence-electron chi connectivity index (χ1n) is 11.8. The van der Waals surface area contributed by atoms with Crippen molar-refractivity contribution in [2.45, 2.75) is 77.8 Å². The van der Waals surface area contributed by atoms with Crippen molar-refractivity contribution in [1.29, 1.82) is 0 Å². The summed E-state index contributed by atoms with van der Waals surface area (Å²) in [5.74, 6) is 1.32. The largest absolute Gasteiger partial charge is 0.462 e. The number of carbonyl (C=O) groups excluding carboxylic acids is 2. The van der Waals surface area contributed by atoms with E-state index in [0.717, 1.165) is 48.6 Å². The minimum absolute atomic E-state index is 0.134. The van der Waals surface area contributed by atoms with Crippen molar-refractivity contribution in [3.05, 3.63) is 35.3 Å². The summed E-state index contributed by atoms with van der Waals surface area (Å²) < 4.78 is 6.80. The molecule has 0 aromatic carbocycles. The van der Waals surface area contributed by atoms with E-state index in [9.17, 15) is 9.59 Å². The van der Waals surface area contributed by atoms with Gasteiger partial charge in [-0.15, -0.1) is 0 Å². The van der Waals surface area contributed by atoms with Gasteiger partial charge in [-0.05, 0) is 44.6 Å². The van der Waals surface area contributed by atoms with Crippen LogP contribution < -0.4 is 0 Å². The van der Waals surface area contributed by atoms with Gasteiger partial charge in [-0.3, -0.25) is 4.79 Å². The molecular weight excluding hydrogens is 406 g/mol. The van der Waals surface area contributed by atoms with Crippen LogP contribution in [0.25, 0.3) is 5.82 Å². The van der Waals surface area contributed by atoms with Crippen LogP contribution in [0.5, 0.6) is 0 Å². The van der Waals surface area contributed by atoms with E-state index in [0.29, 0.717) is 24.6 Å². The lowest BCUT2D eigenvalue weighted by Crippen LogP contribution is -2.60. The number of esters is 1. The van der Waals surface area contributed by atoms with Gasteiger partial charge in [0.1, 0.15) is 6.04 Å². The second-order valence-corrected chi connectivity index (χ2v) is 8.57. The molecule has 0 bridgehead atoms. The molecule has 3 aliphatic rings. The fourth-order valence-corrected chi connectivity index (χ4v) is 4.98. The van der Waals surface area contributed by atoms with Gasteiger partial charge in [0.05, 0.1) is 24.1 Å². The van der Waals surface area contributed by atoms with Gasteiger partial charge >= 0.3 is 5.97 Å². The van der Waals surface area contributed by atoms with Crippen molar-refractivity contribution in [1.82, 2.24) is 19.6 Å². The molecule has 4 rings (SSSR count). The lowest BCUT2D eigenvalue weighted by atomic mass is 10.0. The maximum absolute atomic E-state index is 13.2. The second-order valence-electron chi connectivity index (χ2n) is 8.57. The van der Waals surface area contributed by atoms with Crippen LogP contribution in [0.3, 0.4) is 0 Å². The first-order chi connectivity index (χ1) is 15.5. The van der Waals surface area contributed by atoms with Crippen molar-refractivity contribution in [2.75, 3.05) is 13.7 Å². The summed E-state index contributed by atoms with van der Waals surface area (Å²) in [5.41, 5.74) is 2.38. The molecule has 0 N–H and O–H groups in total. The number of hydrogen-bond acceptors (Lipinski definition) is 6. The zero-order chi connectivity index (χ0) is 22.8. The van der Waals surface area contributed by atoms with Crippen molar-refractivity contribution >= 4 is 23.5 Å². The predicted octanol–water partition coefficient (Wildman–Crippen LogP) is 3.82. The number of allylic oxidation sites excluding steroid dienone is 2. The molecule has 1 aliphatic carbocycles. The Kier molecular flexibility index (Phi) is 6.48. The van der Waals surface area contributed by atoms with Gasteiger partial charge in [-0.1, -0.05) is 32.8 Å². The Bertz CT molecular complexity index is 984. The zero-order valence-corrected chi connectivity index (χ0v) is 19.5. The molecule has 0 radical (unpaired) electrons.